The van der Waals surface area contributed by atoms with Gasteiger partial charge in [0.15, 0.2) is 11.5 Å². The molecule has 170 valence electrons. The van der Waals surface area contributed by atoms with E-state index < -0.39 is 6.04 Å². The number of hydrogen-bond donors (Lipinski definition) is 2. The predicted molar refractivity (Wildman–Crippen MR) is 125 cm³/mol. The summed E-state index contributed by atoms with van der Waals surface area (Å²) in [7, 11) is 1.48. The van der Waals surface area contributed by atoms with Crippen molar-refractivity contribution in [3.05, 3.63) is 77.8 Å². The van der Waals surface area contributed by atoms with Gasteiger partial charge in [-0.05, 0) is 36.6 Å². The number of aromatic nitrogens is 2. The van der Waals surface area contributed by atoms with Gasteiger partial charge < -0.3 is 19.7 Å². The van der Waals surface area contributed by atoms with Gasteiger partial charge in [-0.15, -0.1) is 6.58 Å². The first-order chi connectivity index (χ1) is 16.0. The van der Waals surface area contributed by atoms with Crippen molar-refractivity contribution in [2.45, 2.75) is 26.3 Å². The van der Waals surface area contributed by atoms with E-state index >= 15 is 0 Å². The van der Waals surface area contributed by atoms with Crippen LogP contribution in [0.5, 0.6) is 11.5 Å². The Hall–Kier alpha value is -4.07. The van der Waals surface area contributed by atoms with E-state index in [9.17, 15) is 9.90 Å². The Balaban J connectivity index is 1.80. The number of aromatic hydroxyl groups is 1. The molecule has 2 heterocycles. The predicted octanol–water partition coefficient (Wildman–Crippen LogP) is 4.70. The van der Waals surface area contributed by atoms with E-state index in [1.807, 2.05) is 31.2 Å². The van der Waals surface area contributed by atoms with Gasteiger partial charge in [-0.1, -0.05) is 48.5 Å². The average molecular weight is 447 g/mol. The van der Waals surface area contributed by atoms with Crippen LogP contribution in [-0.4, -0.2) is 39.8 Å². The number of aryl methyl sites for hydroxylation is 1. The summed E-state index contributed by atoms with van der Waals surface area (Å²) in [6, 6.07) is 12.1. The maximum absolute atomic E-state index is 12.8. The van der Waals surface area contributed by atoms with Gasteiger partial charge in [-0.2, -0.15) is 4.98 Å². The number of ether oxygens (including phenoxy) is 1. The van der Waals surface area contributed by atoms with Crippen LogP contribution in [0.1, 0.15) is 36.9 Å². The van der Waals surface area contributed by atoms with Gasteiger partial charge in [-0.25, -0.2) is 4.79 Å². The smallest absolute Gasteiger partial charge is 0.322 e. The number of carbonyl (C=O) groups is 1. The van der Waals surface area contributed by atoms with E-state index in [0.29, 0.717) is 35.0 Å². The van der Waals surface area contributed by atoms with Crippen LogP contribution < -0.4 is 10.1 Å². The molecule has 0 saturated heterocycles. The number of methoxy groups -OCH3 is 1. The normalized spacial score (nSPS) is 16.0. The summed E-state index contributed by atoms with van der Waals surface area (Å²) >= 11 is 0. The van der Waals surface area contributed by atoms with Crippen LogP contribution in [0, 0.1) is 0 Å². The Kier molecular flexibility index (Phi) is 6.17. The molecule has 33 heavy (non-hydrogen) atoms. The highest BCUT2D eigenvalue weighted by molar-refractivity contribution is 5.87. The van der Waals surface area contributed by atoms with Crippen LogP contribution in [0.3, 0.4) is 0 Å². The van der Waals surface area contributed by atoms with Gasteiger partial charge in [0, 0.05) is 17.8 Å². The Bertz CT molecular complexity index is 1210. The third-order valence-corrected chi connectivity index (χ3v) is 5.72. The van der Waals surface area contributed by atoms with E-state index in [1.165, 1.54) is 12.7 Å². The van der Waals surface area contributed by atoms with Crippen LogP contribution in [0.15, 0.2) is 65.3 Å². The molecule has 8 heteroatoms. The molecule has 0 radical (unpaired) electrons. The number of carbonyl (C=O) groups excluding carboxylic acids is 1. The SMILES string of the molecule is C=CCN1C(=O)NC(c2ccc(OC)c(O)c2)C(c2nc(-c3ccc(CC)cc3)no2)=C1C. The fraction of sp³-hybridized carbons (Fsp3) is 0.240. The van der Waals surface area contributed by atoms with Crippen molar-refractivity contribution in [3.63, 3.8) is 0 Å². The number of urea groups is 1. The Morgan fingerprint density at radius 1 is 1.27 bits per heavy atom. The molecular formula is C25H26N4O4. The van der Waals surface area contributed by atoms with Crippen LogP contribution in [0.2, 0.25) is 0 Å². The fourth-order valence-corrected chi connectivity index (χ4v) is 3.88. The second kappa shape index (κ2) is 9.20. The number of allylic oxidation sites excluding steroid dienone is 1. The molecule has 1 aliphatic rings. The van der Waals surface area contributed by atoms with E-state index in [4.69, 9.17) is 9.26 Å². The minimum Gasteiger partial charge on any atom is -0.504 e. The van der Waals surface area contributed by atoms with Gasteiger partial charge in [0.2, 0.25) is 5.82 Å². The van der Waals surface area contributed by atoms with Crippen LogP contribution >= 0.6 is 0 Å². The second-order valence-corrected chi connectivity index (χ2v) is 7.69. The van der Waals surface area contributed by atoms with Gasteiger partial charge in [0.05, 0.1) is 18.7 Å². The molecule has 1 aromatic heterocycles. The molecule has 2 N–H and O–H groups in total. The first-order valence-electron chi connectivity index (χ1n) is 10.7. The summed E-state index contributed by atoms with van der Waals surface area (Å²) in [6.07, 6.45) is 2.59. The second-order valence-electron chi connectivity index (χ2n) is 7.69. The maximum atomic E-state index is 12.8. The molecule has 1 unspecified atom stereocenters. The molecule has 1 aliphatic heterocycles. The molecule has 0 saturated carbocycles. The molecule has 4 rings (SSSR count). The summed E-state index contributed by atoms with van der Waals surface area (Å²) in [4.78, 5) is 19.0. The Labute approximate surface area is 192 Å². The molecule has 1 atom stereocenters. The quantitative estimate of drug-likeness (QED) is 0.511. The van der Waals surface area contributed by atoms with Crippen molar-refractivity contribution in [1.29, 1.82) is 0 Å². The van der Waals surface area contributed by atoms with E-state index in [0.717, 1.165) is 12.0 Å². The molecule has 0 fully saturated rings. The molecule has 8 nitrogen and oxygen atoms in total. The largest absolute Gasteiger partial charge is 0.504 e. The molecule has 2 amide bonds. The summed E-state index contributed by atoms with van der Waals surface area (Å²) in [5.74, 6) is 1.05. The summed E-state index contributed by atoms with van der Waals surface area (Å²) in [6.45, 7) is 7.99. The van der Waals surface area contributed by atoms with Crippen molar-refractivity contribution in [2.24, 2.45) is 0 Å². The van der Waals surface area contributed by atoms with Gasteiger partial charge in [-0.3, -0.25) is 4.90 Å². The third kappa shape index (κ3) is 4.19. The highest BCUT2D eigenvalue weighted by atomic mass is 16.5. The van der Waals surface area contributed by atoms with Gasteiger partial charge >= 0.3 is 6.03 Å². The Morgan fingerprint density at radius 2 is 2.03 bits per heavy atom. The minimum atomic E-state index is -0.605. The van der Waals surface area contributed by atoms with E-state index in [-0.39, 0.29) is 17.7 Å². The van der Waals surface area contributed by atoms with Crippen LogP contribution in [0.4, 0.5) is 4.79 Å². The average Bonchev–Trinajstić information content (AvgIpc) is 3.31. The van der Waals surface area contributed by atoms with Gasteiger partial charge in [0.1, 0.15) is 0 Å². The van der Waals surface area contributed by atoms with Crippen molar-refractivity contribution >= 4 is 11.6 Å². The van der Waals surface area contributed by atoms with Crippen LogP contribution in [0.25, 0.3) is 17.0 Å². The number of phenols is 1. The molecule has 3 aromatic rings. The molecule has 0 aliphatic carbocycles. The number of nitrogens with one attached hydrogen (secondary N) is 1. The zero-order valence-corrected chi connectivity index (χ0v) is 18.8. The van der Waals surface area contributed by atoms with E-state index in [1.54, 1.807) is 29.2 Å². The third-order valence-electron chi connectivity index (χ3n) is 5.72. The monoisotopic (exact) mass is 446 g/mol. The number of benzene rings is 2. The fourth-order valence-electron chi connectivity index (χ4n) is 3.88. The topological polar surface area (TPSA) is 101 Å². The number of phenolic OH excluding ortho intramolecular Hbond substituents is 1. The number of hydrogen-bond acceptors (Lipinski definition) is 6. The molecule has 0 spiro atoms. The van der Waals surface area contributed by atoms with Crippen molar-refractivity contribution < 1.29 is 19.2 Å². The number of rotatable bonds is 7. The van der Waals surface area contributed by atoms with Gasteiger partial charge in [0.25, 0.3) is 5.89 Å². The summed E-state index contributed by atoms with van der Waals surface area (Å²) in [5.41, 5.74) is 4.01. The zero-order valence-electron chi connectivity index (χ0n) is 18.8. The molecular weight excluding hydrogens is 420 g/mol. The summed E-state index contributed by atoms with van der Waals surface area (Å²) in [5, 5.41) is 17.5. The zero-order chi connectivity index (χ0) is 23.5. The first-order valence-corrected chi connectivity index (χ1v) is 10.7. The van der Waals surface area contributed by atoms with E-state index in [2.05, 4.69) is 29.0 Å². The molecule has 2 aromatic carbocycles. The first kappa shape index (κ1) is 22.1. The lowest BCUT2D eigenvalue weighted by Crippen LogP contribution is -2.46. The van der Waals surface area contributed by atoms with Crippen molar-refractivity contribution in [3.8, 4) is 22.9 Å². The minimum absolute atomic E-state index is 0.0306. The number of nitrogens with zero attached hydrogens (tertiary/aromatic N) is 3. The standard InChI is InChI=1S/C25H26N4O4/c1-5-13-29-15(3)21(22(26-25(29)31)18-11-12-20(32-4)19(30)14-18)24-27-23(28-33-24)17-9-7-16(6-2)8-10-17/h5,7-12,14,22,30H,1,6,13H2,2-4H3,(H,26,31). The lowest BCUT2D eigenvalue weighted by atomic mass is 9.94. The lowest BCUT2D eigenvalue weighted by molar-refractivity contribution is 0.209. The van der Waals surface area contributed by atoms with Crippen LogP contribution in [-0.2, 0) is 6.42 Å². The highest BCUT2D eigenvalue weighted by Crippen LogP contribution is 2.39. The highest BCUT2D eigenvalue weighted by Gasteiger charge is 2.35. The lowest BCUT2D eigenvalue weighted by Gasteiger charge is -2.34. The van der Waals surface area contributed by atoms with Crippen molar-refractivity contribution in [2.75, 3.05) is 13.7 Å². The Morgan fingerprint density at radius 3 is 2.67 bits per heavy atom. The summed E-state index contributed by atoms with van der Waals surface area (Å²) < 4.78 is 10.8. The van der Waals surface area contributed by atoms with Crippen molar-refractivity contribution in [1.82, 2.24) is 20.4 Å². The maximum Gasteiger partial charge on any atom is 0.322 e. The number of amides is 2. The molecule has 0 bridgehead atoms.